The first-order valence-electron chi connectivity index (χ1n) is 9.03. The molecule has 0 unspecified atom stereocenters. The third kappa shape index (κ3) is 8.04. The topological polar surface area (TPSA) is 77.1 Å². The van der Waals surface area contributed by atoms with Gasteiger partial charge in [-0.2, -0.15) is 0 Å². The van der Waals surface area contributed by atoms with Crippen LogP contribution in [-0.4, -0.2) is 54.0 Å². The Hall–Kier alpha value is -2.58. The van der Waals surface area contributed by atoms with Crippen molar-refractivity contribution in [1.82, 2.24) is 4.90 Å². The maximum atomic E-state index is 11.3. The van der Waals surface area contributed by atoms with Gasteiger partial charge in [-0.05, 0) is 60.7 Å². The summed E-state index contributed by atoms with van der Waals surface area (Å²) in [6, 6.07) is 10.9. The van der Waals surface area contributed by atoms with Gasteiger partial charge in [0.25, 0.3) is 0 Å². The normalized spacial score (nSPS) is 11.0. The minimum atomic E-state index is -3.29. The Morgan fingerprint density at radius 1 is 1.03 bits per heavy atom. The van der Waals surface area contributed by atoms with E-state index in [-0.39, 0.29) is 12.4 Å². The van der Waals surface area contributed by atoms with E-state index in [1.807, 2.05) is 49.3 Å². The second-order valence-corrected chi connectivity index (χ2v) is 8.36. The summed E-state index contributed by atoms with van der Waals surface area (Å²) < 4.78 is 41.4. The Bertz CT molecular complexity index is 964. The molecule has 0 saturated heterocycles. The van der Waals surface area contributed by atoms with Crippen molar-refractivity contribution in [3.05, 3.63) is 53.7 Å². The van der Waals surface area contributed by atoms with Crippen LogP contribution in [-0.2, 0) is 10.0 Å². The van der Waals surface area contributed by atoms with E-state index in [2.05, 4.69) is 4.72 Å². The molecule has 2 rings (SSSR count). The van der Waals surface area contributed by atoms with Crippen molar-refractivity contribution in [3.8, 4) is 17.2 Å². The maximum Gasteiger partial charge on any atom is 0.229 e. The zero-order chi connectivity index (χ0) is 21.4. The number of rotatable bonds is 10. The van der Waals surface area contributed by atoms with Crippen molar-refractivity contribution >= 4 is 34.2 Å². The molecule has 2 aromatic rings. The van der Waals surface area contributed by atoms with Crippen molar-refractivity contribution in [3.63, 3.8) is 0 Å². The number of benzene rings is 2. The average Bonchev–Trinajstić information content (AvgIpc) is 2.66. The molecule has 0 aromatic heterocycles. The molecule has 1 N–H and O–H groups in total. The first kappa shape index (κ1) is 25.5. The van der Waals surface area contributed by atoms with Crippen molar-refractivity contribution in [2.24, 2.45) is 0 Å². The number of halogens is 1. The Labute approximate surface area is 185 Å². The van der Waals surface area contributed by atoms with Crippen molar-refractivity contribution in [2.75, 3.05) is 45.4 Å². The molecule has 0 spiro atoms. The fourth-order valence-corrected chi connectivity index (χ4v) is 3.19. The average molecular weight is 457 g/mol. The van der Waals surface area contributed by atoms with Crippen LogP contribution >= 0.6 is 12.4 Å². The van der Waals surface area contributed by atoms with E-state index in [1.165, 1.54) is 0 Å². The van der Waals surface area contributed by atoms with Gasteiger partial charge in [-0.15, -0.1) is 12.4 Å². The molecule has 0 aliphatic rings. The van der Waals surface area contributed by atoms with Crippen LogP contribution in [0.5, 0.6) is 17.2 Å². The predicted octanol–water partition coefficient (Wildman–Crippen LogP) is 3.79. The number of nitrogens with one attached hydrogen (secondary N) is 1. The van der Waals surface area contributed by atoms with E-state index in [0.29, 0.717) is 30.3 Å². The van der Waals surface area contributed by atoms with Gasteiger partial charge >= 0.3 is 0 Å². The number of sulfonamides is 1. The highest BCUT2D eigenvalue weighted by Gasteiger charge is 2.06. The quantitative estimate of drug-likeness (QED) is 0.586. The highest BCUT2D eigenvalue weighted by molar-refractivity contribution is 7.92. The molecule has 7 nitrogen and oxygen atoms in total. The van der Waals surface area contributed by atoms with Gasteiger partial charge in [0.2, 0.25) is 10.0 Å². The third-order valence-electron chi connectivity index (χ3n) is 4.11. The Kier molecular flexibility index (Phi) is 9.81. The zero-order valence-electron chi connectivity index (χ0n) is 17.8. The van der Waals surface area contributed by atoms with Crippen LogP contribution in [0.2, 0.25) is 0 Å². The summed E-state index contributed by atoms with van der Waals surface area (Å²) in [5, 5.41) is 0. The van der Waals surface area contributed by atoms with Gasteiger partial charge < -0.3 is 19.1 Å². The third-order valence-corrected chi connectivity index (χ3v) is 4.72. The number of anilines is 1. The van der Waals surface area contributed by atoms with Crippen LogP contribution in [0.4, 0.5) is 5.69 Å². The standard InChI is InChI=1S/C21H28N2O5S.ClH/c1-16-14-18(22-29(5,24)25)7-9-19(16)28-13-12-23(2)11-10-17-6-8-20(26-3)21(15-17)27-4;/h6-11,14-15,22H,12-13H2,1-5H3;1H. The molecule has 0 atom stereocenters. The first-order valence-corrected chi connectivity index (χ1v) is 10.9. The number of nitrogens with zero attached hydrogens (tertiary/aromatic N) is 1. The highest BCUT2D eigenvalue weighted by atomic mass is 35.5. The molecule has 2 aromatic carbocycles. The molecule has 30 heavy (non-hydrogen) atoms. The van der Waals surface area contributed by atoms with Crippen molar-refractivity contribution in [1.29, 1.82) is 0 Å². The maximum absolute atomic E-state index is 11.3. The van der Waals surface area contributed by atoms with Crippen LogP contribution in [0.25, 0.3) is 6.08 Å². The van der Waals surface area contributed by atoms with Crippen LogP contribution in [0.15, 0.2) is 42.6 Å². The summed E-state index contributed by atoms with van der Waals surface area (Å²) in [6.45, 7) is 3.06. The van der Waals surface area contributed by atoms with Crippen LogP contribution in [0.3, 0.4) is 0 Å². The van der Waals surface area contributed by atoms with E-state index < -0.39 is 10.0 Å². The van der Waals surface area contributed by atoms with Gasteiger partial charge in [-0.1, -0.05) is 6.07 Å². The van der Waals surface area contributed by atoms with Crippen molar-refractivity contribution in [2.45, 2.75) is 6.92 Å². The molecule has 0 heterocycles. The first-order chi connectivity index (χ1) is 13.7. The lowest BCUT2D eigenvalue weighted by Gasteiger charge is -2.16. The van der Waals surface area contributed by atoms with Gasteiger partial charge in [0, 0.05) is 12.7 Å². The molecular formula is C21H29ClN2O5S. The monoisotopic (exact) mass is 456 g/mol. The summed E-state index contributed by atoms with van der Waals surface area (Å²) in [4.78, 5) is 2.02. The number of ether oxygens (including phenoxy) is 3. The largest absolute Gasteiger partial charge is 0.493 e. The molecule has 0 aliphatic heterocycles. The van der Waals surface area contributed by atoms with E-state index in [0.717, 1.165) is 23.1 Å². The van der Waals surface area contributed by atoms with Crippen LogP contribution in [0, 0.1) is 6.92 Å². The van der Waals surface area contributed by atoms with Crippen LogP contribution < -0.4 is 18.9 Å². The second-order valence-electron chi connectivity index (χ2n) is 6.61. The molecular weight excluding hydrogens is 428 g/mol. The lowest BCUT2D eigenvalue weighted by Crippen LogP contribution is -2.19. The number of likely N-dealkylation sites (N-methyl/N-ethyl adjacent to an activating group) is 1. The SMILES string of the molecule is COc1ccc(C=CN(C)CCOc2ccc(NS(C)(=O)=O)cc2C)cc1OC.Cl. The van der Waals surface area contributed by atoms with E-state index >= 15 is 0 Å². The molecule has 9 heteroatoms. The molecule has 166 valence electrons. The number of aryl methyl sites for hydroxylation is 1. The minimum Gasteiger partial charge on any atom is -0.493 e. The second kappa shape index (κ2) is 11.6. The van der Waals surface area contributed by atoms with Gasteiger partial charge in [-0.3, -0.25) is 4.72 Å². The minimum absolute atomic E-state index is 0. The summed E-state index contributed by atoms with van der Waals surface area (Å²) in [6.07, 6.45) is 5.08. The van der Waals surface area contributed by atoms with Gasteiger partial charge in [0.15, 0.2) is 11.5 Å². The lowest BCUT2D eigenvalue weighted by atomic mass is 10.2. The Balaban J connectivity index is 0.00000450. The fourth-order valence-electron chi connectivity index (χ4n) is 2.63. The number of methoxy groups -OCH3 is 2. The number of hydrogen-bond donors (Lipinski definition) is 1. The summed E-state index contributed by atoms with van der Waals surface area (Å²) >= 11 is 0. The van der Waals surface area contributed by atoms with Crippen molar-refractivity contribution < 1.29 is 22.6 Å². The van der Waals surface area contributed by atoms with E-state index in [9.17, 15) is 8.42 Å². The molecule has 0 radical (unpaired) electrons. The molecule has 0 bridgehead atoms. The van der Waals surface area contributed by atoms with E-state index in [1.54, 1.807) is 32.4 Å². The van der Waals surface area contributed by atoms with Gasteiger partial charge in [0.05, 0.1) is 27.0 Å². The summed E-state index contributed by atoms with van der Waals surface area (Å²) in [5.41, 5.74) is 2.38. The van der Waals surface area contributed by atoms with Gasteiger partial charge in [0.1, 0.15) is 12.4 Å². The molecule has 0 saturated carbocycles. The van der Waals surface area contributed by atoms with E-state index in [4.69, 9.17) is 14.2 Å². The predicted molar refractivity (Wildman–Crippen MR) is 124 cm³/mol. The highest BCUT2D eigenvalue weighted by Crippen LogP contribution is 2.28. The van der Waals surface area contributed by atoms with Crippen LogP contribution in [0.1, 0.15) is 11.1 Å². The summed E-state index contributed by atoms with van der Waals surface area (Å²) in [5.74, 6) is 2.10. The fraction of sp³-hybridized carbons (Fsp3) is 0.333. The molecule has 0 fully saturated rings. The molecule has 0 amide bonds. The lowest BCUT2D eigenvalue weighted by molar-refractivity contribution is 0.273. The number of hydrogen-bond acceptors (Lipinski definition) is 6. The smallest absolute Gasteiger partial charge is 0.229 e. The Morgan fingerprint density at radius 3 is 2.30 bits per heavy atom. The summed E-state index contributed by atoms with van der Waals surface area (Å²) in [7, 11) is 1.89. The zero-order valence-corrected chi connectivity index (χ0v) is 19.5. The Morgan fingerprint density at radius 2 is 1.70 bits per heavy atom. The van der Waals surface area contributed by atoms with Gasteiger partial charge in [-0.25, -0.2) is 8.42 Å². The molecule has 0 aliphatic carbocycles.